The Hall–Kier alpha value is -3.77. The predicted octanol–water partition coefficient (Wildman–Crippen LogP) is 7.09. The number of aromatic nitrogens is 2. The van der Waals surface area contributed by atoms with Gasteiger partial charge in [0.05, 0.1) is 29.4 Å². The van der Waals surface area contributed by atoms with Gasteiger partial charge in [0.1, 0.15) is 0 Å². The molecule has 8 heteroatoms. The molecule has 11 rings (SSSR count). The van der Waals surface area contributed by atoms with Crippen molar-refractivity contribution in [1.29, 1.82) is 0 Å². The molecule has 0 saturated heterocycles. The first-order valence-electron chi connectivity index (χ1n) is 22.5. The van der Waals surface area contributed by atoms with Gasteiger partial charge in [0, 0.05) is 47.3 Å². The number of aliphatic hydroxyl groups excluding tert-OH is 1. The third-order valence-electron chi connectivity index (χ3n) is 17.2. The van der Waals surface area contributed by atoms with Crippen LogP contribution in [0.25, 0.3) is 10.9 Å². The van der Waals surface area contributed by atoms with Crippen LogP contribution in [0.5, 0.6) is 0 Å². The Balaban J connectivity index is 1.09. The lowest BCUT2D eigenvalue weighted by atomic mass is 9.42. The van der Waals surface area contributed by atoms with Crippen molar-refractivity contribution in [1.82, 2.24) is 15.3 Å². The first-order valence-corrected chi connectivity index (χ1v) is 22.5. The zero-order valence-corrected chi connectivity index (χ0v) is 33.3. The summed E-state index contributed by atoms with van der Waals surface area (Å²) in [5, 5.41) is 43.5. The number of benzene rings is 1. The fraction of sp³-hybridized carbons (Fsp3) is 0.612. The van der Waals surface area contributed by atoms with Crippen molar-refractivity contribution in [3.05, 3.63) is 83.9 Å². The highest BCUT2D eigenvalue weighted by molar-refractivity contribution is 5.80. The van der Waals surface area contributed by atoms with Crippen LogP contribution in [-0.4, -0.2) is 60.6 Å². The first-order chi connectivity index (χ1) is 27.7. The van der Waals surface area contributed by atoms with Gasteiger partial charge in [-0.05, 0) is 141 Å². The van der Waals surface area contributed by atoms with Crippen molar-refractivity contribution in [3.8, 4) is 11.8 Å². The molecule has 8 aliphatic rings. The van der Waals surface area contributed by atoms with Crippen LogP contribution < -0.4 is 11.1 Å². The number of nitrogens with one attached hydrogen (secondary N) is 3. The van der Waals surface area contributed by atoms with E-state index in [2.05, 4.69) is 87.8 Å². The fourth-order valence-electron chi connectivity index (χ4n) is 15.2. The van der Waals surface area contributed by atoms with Crippen LogP contribution in [0, 0.1) is 64.1 Å². The quantitative estimate of drug-likeness (QED) is 0.0621. The van der Waals surface area contributed by atoms with Crippen molar-refractivity contribution >= 4 is 16.9 Å². The first kappa shape index (κ1) is 36.3. The number of fused-ring (bicyclic) bond motifs is 2. The van der Waals surface area contributed by atoms with E-state index >= 15 is 0 Å². The van der Waals surface area contributed by atoms with E-state index in [1.54, 1.807) is 0 Å². The summed E-state index contributed by atoms with van der Waals surface area (Å²) in [4.78, 5) is 12.2. The maximum Gasteiger partial charge on any atom is 0.189 e. The summed E-state index contributed by atoms with van der Waals surface area (Å²) in [5.41, 5.74) is 9.01. The van der Waals surface area contributed by atoms with Gasteiger partial charge >= 0.3 is 0 Å². The van der Waals surface area contributed by atoms with E-state index in [0.717, 1.165) is 63.3 Å². The van der Waals surface area contributed by atoms with E-state index in [-0.39, 0.29) is 53.4 Å². The molecule has 13 atom stereocenters. The Morgan fingerprint density at radius 2 is 1.77 bits per heavy atom. The van der Waals surface area contributed by atoms with Crippen LogP contribution in [0.15, 0.2) is 77.5 Å². The molecule has 5 saturated carbocycles. The van der Waals surface area contributed by atoms with Gasteiger partial charge in [-0.2, -0.15) is 0 Å². The Morgan fingerprint density at radius 3 is 2.61 bits per heavy atom. The molecule has 8 N–H and O–H groups in total. The third kappa shape index (κ3) is 5.61. The van der Waals surface area contributed by atoms with E-state index in [1.807, 2.05) is 6.20 Å². The SMILES string of the molecule is NC(=NC1CCCCC1)NC1C#CC2CC3(C=C(Cc4cc5ccccc5[nH]4)C24C2C=CCC5(O)C6CC(O)C(O)(C1)C6C4CCC25)CCC(Cc1ccc[nH]1)C3. The lowest BCUT2D eigenvalue weighted by Crippen LogP contribution is -2.59. The summed E-state index contributed by atoms with van der Waals surface area (Å²) < 4.78 is 0. The molecule has 0 aliphatic heterocycles. The normalized spacial score (nSPS) is 43.5. The number of para-hydroxylation sites is 1. The number of H-pyrrole nitrogens is 2. The summed E-state index contributed by atoms with van der Waals surface area (Å²) in [7, 11) is 0. The van der Waals surface area contributed by atoms with Crippen molar-refractivity contribution in [2.75, 3.05) is 0 Å². The largest absolute Gasteiger partial charge is 0.390 e. The van der Waals surface area contributed by atoms with Crippen LogP contribution in [0.1, 0.15) is 101 Å². The second-order valence-corrected chi connectivity index (χ2v) is 20.1. The van der Waals surface area contributed by atoms with Crippen LogP contribution in [0.2, 0.25) is 0 Å². The monoisotopic (exact) mass is 767 g/mol. The van der Waals surface area contributed by atoms with Crippen LogP contribution >= 0.6 is 0 Å². The molecule has 2 spiro atoms. The number of aliphatic imine (C=N–C) groups is 1. The number of rotatable bonds is 6. The van der Waals surface area contributed by atoms with E-state index in [9.17, 15) is 15.3 Å². The molecule has 300 valence electrons. The molecule has 2 heterocycles. The van der Waals surface area contributed by atoms with E-state index in [1.165, 1.54) is 48.0 Å². The second kappa shape index (κ2) is 13.4. The number of hydrogen-bond acceptors (Lipinski definition) is 4. The lowest BCUT2D eigenvalue weighted by molar-refractivity contribution is -0.133. The third-order valence-corrected chi connectivity index (χ3v) is 17.2. The van der Waals surface area contributed by atoms with Gasteiger partial charge in [-0.3, -0.25) is 4.99 Å². The smallest absolute Gasteiger partial charge is 0.189 e. The maximum absolute atomic E-state index is 13.3. The summed E-state index contributed by atoms with van der Waals surface area (Å²) in [6.07, 6.45) is 23.6. The molecular formula is C49H61N5O3. The molecule has 6 bridgehead atoms. The van der Waals surface area contributed by atoms with Crippen molar-refractivity contribution in [2.45, 2.75) is 132 Å². The number of guanidine groups is 1. The molecule has 8 aliphatic carbocycles. The Labute approximate surface area is 337 Å². The molecule has 57 heavy (non-hydrogen) atoms. The molecule has 0 amide bonds. The zero-order chi connectivity index (χ0) is 38.6. The maximum atomic E-state index is 13.3. The van der Waals surface area contributed by atoms with E-state index in [0.29, 0.717) is 24.7 Å². The summed E-state index contributed by atoms with van der Waals surface area (Å²) in [5.74, 6) is 8.50. The predicted molar refractivity (Wildman–Crippen MR) is 224 cm³/mol. The van der Waals surface area contributed by atoms with Gasteiger partial charge in [0.25, 0.3) is 0 Å². The van der Waals surface area contributed by atoms with E-state index in [4.69, 9.17) is 10.7 Å². The number of nitrogens with zero attached hydrogens (tertiary/aromatic N) is 1. The molecule has 0 radical (unpaired) electrons. The topological polar surface area (TPSA) is 143 Å². The summed E-state index contributed by atoms with van der Waals surface area (Å²) in [6.45, 7) is 0. The van der Waals surface area contributed by atoms with Gasteiger partial charge in [-0.25, -0.2) is 0 Å². The Morgan fingerprint density at radius 1 is 0.912 bits per heavy atom. The highest BCUT2D eigenvalue weighted by atomic mass is 16.3. The zero-order valence-electron chi connectivity index (χ0n) is 33.3. The molecule has 3 aromatic rings. The van der Waals surface area contributed by atoms with Crippen molar-refractivity contribution in [2.24, 2.45) is 63.0 Å². The lowest BCUT2D eigenvalue weighted by Gasteiger charge is -2.61. The number of aliphatic hydroxyl groups is 3. The van der Waals surface area contributed by atoms with Crippen molar-refractivity contribution < 1.29 is 15.3 Å². The Bertz CT molecular complexity index is 2140. The van der Waals surface area contributed by atoms with Crippen LogP contribution in [0.4, 0.5) is 0 Å². The van der Waals surface area contributed by atoms with Gasteiger partial charge in [-0.15, -0.1) is 0 Å². The summed E-state index contributed by atoms with van der Waals surface area (Å²) >= 11 is 0. The average Bonchev–Trinajstić information content (AvgIpc) is 3.98. The molecule has 2 aromatic heterocycles. The molecule has 5 fully saturated rings. The van der Waals surface area contributed by atoms with Gasteiger partial charge in [0.2, 0.25) is 0 Å². The number of hydrogen-bond donors (Lipinski definition) is 7. The highest BCUT2D eigenvalue weighted by Gasteiger charge is 2.75. The average molecular weight is 768 g/mol. The van der Waals surface area contributed by atoms with Gasteiger partial charge < -0.3 is 36.3 Å². The van der Waals surface area contributed by atoms with Crippen molar-refractivity contribution in [3.63, 3.8) is 0 Å². The fourth-order valence-corrected chi connectivity index (χ4v) is 15.2. The molecule has 13 unspecified atom stereocenters. The number of allylic oxidation sites excluding steroid dienone is 3. The molecule has 1 aromatic carbocycles. The minimum atomic E-state index is -1.44. The van der Waals surface area contributed by atoms with Gasteiger partial charge in [-0.1, -0.05) is 73.1 Å². The van der Waals surface area contributed by atoms with E-state index < -0.39 is 28.8 Å². The highest BCUT2D eigenvalue weighted by Crippen LogP contribution is 2.75. The van der Waals surface area contributed by atoms with Crippen LogP contribution in [0.3, 0.4) is 0 Å². The standard InChI is InChI=1S/C49H61N5O3/c50-45(53-34-9-2-1-3-10-34)54-36-15-14-32-27-46(20-18-30(26-46)22-35-11-7-21-51-35)28-33(24-37-23-31-8-4-5-13-42(31)52-37)49(32)39-12-6-19-47(56)38(39)16-17-40(49)44-41(47)25-43(55)48(44,57)29-36/h4-8,11-13,21,23,28,30,32,34,36,38-41,43-44,51-52,55-57H,1-3,9-10,16-20,22,24-27,29H2,(H3,50,53,54). The second-order valence-electron chi connectivity index (χ2n) is 20.1. The van der Waals surface area contributed by atoms with Crippen LogP contribution in [-0.2, 0) is 12.8 Å². The molecule has 8 nitrogen and oxygen atoms in total. The molecular weight excluding hydrogens is 707 g/mol. The number of aromatic amines is 2. The minimum Gasteiger partial charge on any atom is -0.390 e. The summed E-state index contributed by atoms with van der Waals surface area (Å²) in [6, 6.07) is 15.0. The Kier molecular flexibility index (Phi) is 8.52. The van der Waals surface area contributed by atoms with Gasteiger partial charge in [0.15, 0.2) is 5.96 Å². The minimum absolute atomic E-state index is 0.00673. The number of nitrogens with two attached hydrogens (primary N) is 1.